The highest BCUT2D eigenvalue weighted by molar-refractivity contribution is 5.89. The lowest BCUT2D eigenvalue weighted by Gasteiger charge is -2.57. The van der Waals surface area contributed by atoms with Crippen LogP contribution in [-0.2, 0) is 9.59 Å². The van der Waals surface area contributed by atoms with Crippen LogP contribution in [0.5, 0.6) is 0 Å². The average molecular weight is 563 g/mol. The smallest absolute Gasteiger partial charge is 0.141 e. The number of ketones is 2. The van der Waals surface area contributed by atoms with E-state index in [9.17, 15) is 9.59 Å². The molecule has 7 fully saturated rings. The maximum atomic E-state index is 14.2. The number of carbonyl (C=O) groups excluding carboxylic acids is 2. The van der Waals surface area contributed by atoms with Gasteiger partial charge in [-0.3, -0.25) is 9.59 Å². The Morgan fingerprint density at radius 2 is 0.881 bits per heavy atom. The number of piperidine rings is 2. The molecule has 14 unspecified atom stereocenters. The maximum Gasteiger partial charge on any atom is 0.141 e. The Balaban J connectivity index is 1.12. The predicted octanol–water partition coefficient (Wildman–Crippen LogP) is 6.27. The highest BCUT2D eigenvalue weighted by Crippen LogP contribution is 2.60. The first-order chi connectivity index (χ1) is 20.7. The van der Waals surface area contributed by atoms with Crippen molar-refractivity contribution >= 4 is 11.6 Å². The highest BCUT2D eigenvalue weighted by Gasteiger charge is 2.63. The fraction of sp³-hybridized carbons (Fsp3) is 0.632. The molecule has 0 spiro atoms. The minimum absolute atomic E-state index is 0.107. The lowest BCUT2D eigenvalue weighted by Crippen LogP contribution is -2.66. The number of nitrogens with one attached hydrogen (secondary N) is 2. The number of carbonyl (C=O) groups is 2. The standard InChI is InChI=1S/C38H46N2O2/c41-37-25-17-9-7-15-23(25)35-33(37)31(21-11-3-1-4-12-21)27-19-30-28(20-29(27)39-35)32(22-13-5-2-6-14-22)34-36(40-30)24-16-8-10-18-26(24)38(34)42/h1-6,11-14,23-36,39-40H,7-10,15-20H2. The molecule has 2 aromatic carbocycles. The fourth-order valence-electron chi connectivity index (χ4n) is 12.2. The summed E-state index contributed by atoms with van der Waals surface area (Å²) in [6.07, 6.45) is 11.7. The van der Waals surface area contributed by atoms with Gasteiger partial charge in [0.2, 0.25) is 0 Å². The van der Waals surface area contributed by atoms with Crippen LogP contribution in [-0.4, -0.2) is 35.7 Å². The summed E-state index contributed by atoms with van der Waals surface area (Å²) in [5, 5.41) is 8.48. The maximum absolute atomic E-state index is 14.2. The number of rotatable bonds is 2. The Kier molecular flexibility index (Phi) is 6.30. The van der Waals surface area contributed by atoms with E-state index >= 15 is 0 Å². The molecular weight excluding hydrogens is 516 g/mol. The molecule has 5 aliphatic carbocycles. The Bertz CT molecular complexity index is 1240. The average Bonchev–Trinajstić information content (AvgIpc) is 3.49. The van der Waals surface area contributed by atoms with Gasteiger partial charge >= 0.3 is 0 Å². The minimum Gasteiger partial charge on any atom is -0.310 e. The molecular formula is C38H46N2O2. The van der Waals surface area contributed by atoms with Crippen molar-refractivity contribution in [1.29, 1.82) is 0 Å². The first-order valence-electron chi connectivity index (χ1n) is 17.4. The third-order valence-electron chi connectivity index (χ3n) is 13.7. The second-order valence-corrected chi connectivity index (χ2v) is 15.2. The molecule has 2 N–H and O–H groups in total. The first-order valence-corrected chi connectivity index (χ1v) is 17.4. The quantitative estimate of drug-likeness (QED) is 0.453. The molecule has 0 amide bonds. The van der Waals surface area contributed by atoms with Gasteiger partial charge in [-0.25, -0.2) is 0 Å². The third-order valence-corrected chi connectivity index (χ3v) is 13.7. The van der Waals surface area contributed by atoms with Gasteiger partial charge in [-0.15, -0.1) is 0 Å². The number of fused-ring (bicyclic) bond motifs is 8. The SMILES string of the molecule is O=C1C2CCCCC2C2NC3CC4C(CC3C(c3ccccc3)C12)NC1C2CCCCC2C(=O)C1C4c1ccccc1. The first kappa shape index (κ1) is 26.1. The predicted molar refractivity (Wildman–Crippen MR) is 164 cm³/mol. The van der Waals surface area contributed by atoms with E-state index < -0.39 is 0 Å². The second-order valence-electron chi connectivity index (χ2n) is 15.2. The summed E-state index contributed by atoms with van der Waals surface area (Å²) in [4.78, 5) is 28.4. The Morgan fingerprint density at radius 1 is 0.476 bits per heavy atom. The molecule has 2 aromatic rings. The molecule has 2 heterocycles. The zero-order valence-corrected chi connectivity index (χ0v) is 24.7. The van der Waals surface area contributed by atoms with Gasteiger partial charge < -0.3 is 10.6 Å². The van der Waals surface area contributed by atoms with Gasteiger partial charge in [-0.2, -0.15) is 0 Å². The van der Waals surface area contributed by atoms with E-state index in [2.05, 4.69) is 71.3 Å². The van der Waals surface area contributed by atoms with E-state index in [0.29, 0.717) is 71.2 Å². The van der Waals surface area contributed by atoms with Gasteiger partial charge in [0.1, 0.15) is 11.6 Å². The van der Waals surface area contributed by atoms with Gasteiger partial charge in [0.05, 0.1) is 0 Å². The summed E-state index contributed by atoms with van der Waals surface area (Å²) in [5.41, 5.74) is 2.76. The zero-order valence-electron chi connectivity index (χ0n) is 24.7. The molecule has 4 nitrogen and oxygen atoms in total. The van der Waals surface area contributed by atoms with Gasteiger partial charge in [0.25, 0.3) is 0 Å². The molecule has 2 saturated heterocycles. The van der Waals surface area contributed by atoms with E-state index in [1.54, 1.807) is 0 Å². The second kappa shape index (κ2) is 10.1. The van der Waals surface area contributed by atoms with Crippen molar-refractivity contribution in [2.24, 2.45) is 47.3 Å². The van der Waals surface area contributed by atoms with Crippen molar-refractivity contribution in [2.75, 3.05) is 0 Å². The largest absolute Gasteiger partial charge is 0.310 e. The van der Waals surface area contributed by atoms with E-state index in [0.717, 1.165) is 25.7 Å². The minimum atomic E-state index is 0.107. The Morgan fingerprint density at radius 3 is 1.31 bits per heavy atom. The van der Waals surface area contributed by atoms with Crippen molar-refractivity contribution in [2.45, 2.75) is 100 Å². The van der Waals surface area contributed by atoms with E-state index in [1.807, 2.05) is 0 Å². The monoisotopic (exact) mass is 562 g/mol. The highest BCUT2D eigenvalue weighted by atomic mass is 16.1. The number of benzene rings is 2. The zero-order chi connectivity index (χ0) is 27.9. The number of hydrogen-bond acceptors (Lipinski definition) is 4. The topological polar surface area (TPSA) is 58.2 Å². The molecule has 5 saturated carbocycles. The lowest BCUT2D eigenvalue weighted by atomic mass is 9.56. The van der Waals surface area contributed by atoms with Crippen molar-refractivity contribution in [1.82, 2.24) is 10.6 Å². The molecule has 0 aromatic heterocycles. The van der Waals surface area contributed by atoms with Crippen LogP contribution in [0.2, 0.25) is 0 Å². The van der Waals surface area contributed by atoms with Crippen LogP contribution in [0.3, 0.4) is 0 Å². The number of hydrogen-bond donors (Lipinski definition) is 2. The molecule has 9 rings (SSSR count). The lowest BCUT2D eigenvalue weighted by molar-refractivity contribution is -0.129. The van der Waals surface area contributed by atoms with Gasteiger partial charge in [0.15, 0.2) is 0 Å². The summed E-state index contributed by atoms with van der Waals surface area (Å²) in [6, 6.07) is 23.6. The van der Waals surface area contributed by atoms with Crippen LogP contribution in [0.1, 0.15) is 87.2 Å². The summed E-state index contributed by atoms with van der Waals surface area (Å²) in [7, 11) is 0. The third kappa shape index (κ3) is 3.79. The normalized spacial score (nSPS) is 47.4. The van der Waals surface area contributed by atoms with Crippen LogP contribution in [0.15, 0.2) is 60.7 Å². The van der Waals surface area contributed by atoms with Gasteiger partial charge in [-0.1, -0.05) is 86.3 Å². The molecule has 0 radical (unpaired) electrons. The van der Waals surface area contributed by atoms with Crippen molar-refractivity contribution in [3.63, 3.8) is 0 Å². The summed E-state index contributed by atoms with van der Waals surface area (Å²) < 4.78 is 0. The van der Waals surface area contributed by atoms with Crippen molar-refractivity contribution < 1.29 is 9.59 Å². The molecule has 0 bridgehead atoms. The Labute approximate surface area is 250 Å². The van der Waals surface area contributed by atoms with Crippen molar-refractivity contribution in [3.8, 4) is 0 Å². The van der Waals surface area contributed by atoms with E-state index in [4.69, 9.17) is 0 Å². The fourth-order valence-corrected chi connectivity index (χ4v) is 12.2. The van der Waals surface area contributed by atoms with Crippen LogP contribution in [0.4, 0.5) is 0 Å². The van der Waals surface area contributed by atoms with Gasteiger partial charge in [0, 0.05) is 47.8 Å². The summed E-state index contributed by atoms with van der Waals surface area (Å²) in [6.45, 7) is 0. The molecule has 7 aliphatic rings. The van der Waals surface area contributed by atoms with Crippen LogP contribution < -0.4 is 10.6 Å². The molecule has 220 valence electrons. The van der Waals surface area contributed by atoms with Crippen LogP contribution in [0.25, 0.3) is 0 Å². The van der Waals surface area contributed by atoms with Crippen molar-refractivity contribution in [3.05, 3.63) is 71.8 Å². The van der Waals surface area contributed by atoms with E-state index in [-0.39, 0.29) is 23.7 Å². The summed E-state index contributed by atoms with van der Waals surface area (Å²) >= 11 is 0. The summed E-state index contributed by atoms with van der Waals surface area (Å²) in [5.74, 6) is 4.33. The molecule has 2 aliphatic heterocycles. The van der Waals surface area contributed by atoms with Gasteiger partial charge in [-0.05, 0) is 85.2 Å². The molecule has 4 heteroatoms. The molecule has 14 atom stereocenters. The molecule has 42 heavy (non-hydrogen) atoms. The van der Waals surface area contributed by atoms with Crippen LogP contribution >= 0.6 is 0 Å². The van der Waals surface area contributed by atoms with E-state index in [1.165, 1.54) is 49.7 Å². The van der Waals surface area contributed by atoms with Crippen LogP contribution in [0, 0.1) is 47.3 Å². The Hall–Kier alpha value is -2.30. The number of Topliss-reactive ketones (excluding diaryl/α,β-unsaturated/α-hetero) is 2.